The zero-order chi connectivity index (χ0) is 21.8. The Morgan fingerprint density at radius 1 is 0.808 bits per heavy atom. The molecule has 26 heavy (non-hydrogen) atoms. The summed E-state index contributed by atoms with van der Waals surface area (Å²) in [6.07, 6.45) is 3.43. The number of ether oxygens (including phenoxy) is 1. The summed E-state index contributed by atoms with van der Waals surface area (Å²) in [5.74, 6) is 0.903. The molecule has 2 nitrogen and oxygen atoms in total. The van der Waals surface area contributed by atoms with Gasteiger partial charge in [0.1, 0.15) is 0 Å². The van der Waals surface area contributed by atoms with Gasteiger partial charge in [-0.15, -0.1) is 0 Å². The van der Waals surface area contributed by atoms with Gasteiger partial charge in [0.05, 0.1) is 12.5 Å². The largest absolute Gasteiger partial charge is 0.673 e. The monoisotopic (exact) mass is 417 g/mol. The summed E-state index contributed by atoms with van der Waals surface area (Å²) in [5, 5.41) is 0. The lowest BCUT2D eigenvalue weighted by Gasteiger charge is -1.98. The molecule has 0 amide bonds. The maximum atomic E-state index is 11.1. The quantitative estimate of drug-likeness (QED) is 0.325. The summed E-state index contributed by atoms with van der Waals surface area (Å²) in [7, 11) is -18.0. The van der Waals surface area contributed by atoms with Crippen molar-refractivity contribution in [1.82, 2.24) is 0 Å². The zero-order valence-corrected chi connectivity index (χ0v) is 13.6. The number of rotatable bonds is 4. The number of carbonyl (C=O) groups excluding carboxylic acids is 1. The second-order valence-electron chi connectivity index (χ2n) is 4.63. The Bertz CT molecular complexity index is 324. The molecule has 1 rings (SSSR count). The predicted molar refractivity (Wildman–Crippen MR) is 73.7 cm³/mol. The minimum Gasteiger partial charge on any atom is -0.466 e. The molecule has 160 valence electrons. The summed E-state index contributed by atoms with van der Waals surface area (Å²) in [4.78, 5) is 11.1. The Morgan fingerprint density at radius 2 is 1.12 bits per heavy atom. The van der Waals surface area contributed by atoms with Crippen LogP contribution in [0, 0.1) is 11.8 Å². The van der Waals surface area contributed by atoms with Crippen molar-refractivity contribution in [1.29, 1.82) is 0 Å². The van der Waals surface area contributed by atoms with Crippen LogP contribution < -0.4 is 0 Å². The highest BCUT2D eigenvalue weighted by Gasteiger charge is 2.42. The van der Waals surface area contributed by atoms with Crippen LogP contribution in [-0.2, 0) is 9.53 Å². The van der Waals surface area contributed by atoms with Crippen LogP contribution >= 0.6 is 0 Å². The van der Waals surface area contributed by atoms with Crippen LogP contribution in [-0.4, -0.2) is 34.3 Å². The summed E-state index contributed by atoms with van der Waals surface area (Å²) < 4.78 is 122. The second kappa shape index (κ2) is 13.1. The van der Waals surface area contributed by atoms with Crippen molar-refractivity contribution in [3.63, 3.8) is 0 Å². The van der Waals surface area contributed by atoms with E-state index in [1.807, 2.05) is 6.92 Å². The average molecular weight is 417 g/mol. The van der Waals surface area contributed by atoms with Crippen LogP contribution in [0.25, 0.3) is 0 Å². The number of carbonyl (C=O) groups is 1. The second-order valence-corrected chi connectivity index (χ2v) is 4.63. The molecule has 0 aliphatic heterocycles. The molecule has 2 unspecified atom stereocenters. The molecule has 0 aromatic carbocycles. The van der Waals surface area contributed by atoms with Gasteiger partial charge < -0.3 is 56.5 Å². The van der Waals surface area contributed by atoms with Crippen molar-refractivity contribution in [2.45, 2.75) is 33.1 Å². The van der Waals surface area contributed by atoms with Crippen molar-refractivity contribution < 1.29 is 61.3 Å². The van der Waals surface area contributed by atoms with E-state index in [0.717, 1.165) is 6.42 Å². The van der Waals surface area contributed by atoms with Gasteiger partial charge in [-0.3, -0.25) is 4.79 Å². The van der Waals surface area contributed by atoms with Crippen molar-refractivity contribution in [3.05, 3.63) is 0 Å². The SMILES string of the molecule is CCCC1CC1C(=O)OCC.F[B-](F)(F)F.F[B-](F)(F)F.F[B-](F)(F)F. The Hall–Kier alpha value is -1.18. The molecule has 0 aromatic rings. The van der Waals surface area contributed by atoms with E-state index in [9.17, 15) is 56.6 Å². The normalized spacial score (nSPS) is 18.8. The maximum absolute atomic E-state index is 11.1. The number of esters is 1. The zero-order valence-electron chi connectivity index (χ0n) is 13.6. The number of hydrogen-bond donors (Lipinski definition) is 0. The van der Waals surface area contributed by atoms with Gasteiger partial charge in [-0.1, -0.05) is 13.3 Å². The van der Waals surface area contributed by atoms with Crippen LogP contribution in [0.2, 0.25) is 0 Å². The Balaban J connectivity index is -0.000000300. The minimum atomic E-state index is -6.00. The highest BCUT2D eigenvalue weighted by molar-refractivity contribution is 6.50. The van der Waals surface area contributed by atoms with Crippen LogP contribution in [0.3, 0.4) is 0 Å². The molecule has 1 saturated carbocycles. The first kappa shape index (κ1) is 29.6. The lowest BCUT2D eigenvalue weighted by Crippen LogP contribution is -2.07. The fourth-order valence-electron chi connectivity index (χ4n) is 1.48. The summed E-state index contributed by atoms with van der Waals surface area (Å²) in [6.45, 7) is 4.53. The van der Waals surface area contributed by atoms with E-state index in [2.05, 4.69) is 6.92 Å². The molecule has 2 atom stereocenters. The molecule has 1 aliphatic carbocycles. The first-order valence-corrected chi connectivity index (χ1v) is 7.08. The smallest absolute Gasteiger partial charge is 0.466 e. The van der Waals surface area contributed by atoms with Gasteiger partial charge >= 0.3 is 27.7 Å². The van der Waals surface area contributed by atoms with Gasteiger partial charge in [0.25, 0.3) is 0 Å². The Labute approximate surface area is 141 Å². The molecule has 0 bridgehead atoms. The van der Waals surface area contributed by atoms with Crippen LogP contribution in [0.1, 0.15) is 33.1 Å². The minimum absolute atomic E-state index is 0.0194. The Kier molecular flexibility index (Phi) is 14.9. The van der Waals surface area contributed by atoms with E-state index in [0.29, 0.717) is 12.5 Å². The first-order valence-electron chi connectivity index (χ1n) is 7.08. The molecule has 0 saturated heterocycles. The maximum Gasteiger partial charge on any atom is 0.673 e. The van der Waals surface area contributed by atoms with Crippen LogP contribution in [0.5, 0.6) is 0 Å². The Morgan fingerprint density at radius 3 is 1.35 bits per heavy atom. The fraction of sp³-hybridized carbons (Fsp3) is 0.889. The van der Waals surface area contributed by atoms with E-state index < -0.39 is 21.8 Å². The third-order valence-electron chi connectivity index (χ3n) is 2.17. The highest BCUT2D eigenvalue weighted by Crippen LogP contribution is 2.42. The van der Waals surface area contributed by atoms with Gasteiger partial charge in [0, 0.05) is 0 Å². The van der Waals surface area contributed by atoms with E-state index in [1.165, 1.54) is 12.8 Å². The summed E-state index contributed by atoms with van der Waals surface area (Å²) >= 11 is 0. The van der Waals surface area contributed by atoms with E-state index >= 15 is 0 Å². The molecule has 17 heteroatoms. The first-order chi connectivity index (χ1) is 11.3. The molecule has 1 aliphatic rings. The van der Waals surface area contributed by atoms with Gasteiger partial charge in [-0.25, -0.2) is 0 Å². The van der Waals surface area contributed by atoms with Crippen molar-refractivity contribution in [2.24, 2.45) is 11.8 Å². The third kappa shape index (κ3) is 49.5. The molecular formula is C9H16B3F12O2-3. The summed E-state index contributed by atoms with van der Waals surface area (Å²) in [6, 6.07) is 0. The highest BCUT2D eigenvalue weighted by atomic mass is 19.5. The van der Waals surface area contributed by atoms with Crippen molar-refractivity contribution in [2.75, 3.05) is 6.61 Å². The fourth-order valence-corrected chi connectivity index (χ4v) is 1.48. The van der Waals surface area contributed by atoms with Gasteiger partial charge in [-0.05, 0) is 25.7 Å². The van der Waals surface area contributed by atoms with E-state index in [1.54, 1.807) is 0 Å². The molecule has 0 radical (unpaired) electrons. The predicted octanol–water partition coefficient (Wildman–Crippen LogP) is 5.89. The third-order valence-corrected chi connectivity index (χ3v) is 2.17. The average Bonchev–Trinajstić information content (AvgIpc) is 3.02. The molecule has 0 heterocycles. The van der Waals surface area contributed by atoms with E-state index in [-0.39, 0.29) is 11.9 Å². The van der Waals surface area contributed by atoms with Crippen molar-refractivity contribution >= 4 is 27.7 Å². The topological polar surface area (TPSA) is 26.3 Å². The van der Waals surface area contributed by atoms with Gasteiger partial charge in [0.2, 0.25) is 0 Å². The molecule has 0 spiro atoms. The standard InChI is InChI=1S/C9H16O2.3BF4/c1-3-5-7-6-8(7)9(10)11-4-2;3*2-1(3,4)5/h7-8H,3-6H2,1-2H3;;;/q;3*-1. The summed E-state index contributed by atoms with van der Waals surface area (Å²) in [5.41, 5.74) is 0. The molecule has 1 fully saturated rings. The number of hydrogen-bond acceptors (Lipinski definition) is 2. The van der Waals surface area contributed by atoms with Crippen LogP contribution in [0.15, 0.2) is 0 Å². The molecular weight excluding hydrogens is 401 g/mol. The molecule has 0 N–H and O–H groups in total. The lowest BCUT2D eigenvalue weighted by atomic mass is 10.2. The number of halogens is 12. The molecule has 0 aromatic heterocycles. The van der Waals surface area contributed by atoms with Gasteiger partial charge in [0.15, 0.2) is 0 Å². The van der Waals surface area contributed by atoms with Gasteiger partial charge in [-0.2, -0.15) is 0 Å². The van der Waals surface area contributed by atoms with Crippen molar-refractivity contribution in [3.8, 4) is 0 Å². The lowest BCUT2D eigenvalue weighted by molar-refractivity contribution is -0.145. The van der Waals surface area contributed by atoms with Crippen LogP contribution in [0.4, 0.5) is 51.8 Å². The van der Waals surface area contributed by atoms with E-state index in [4.69, 9.17) is 4.74 Å².